The number of rotatable bonds is 7. The Balaban J connectivity index is 2.03. The van der Waals surface area contributed by atoms with Crippen molar-refractivity contribution in [1.82, 2.24) is 5.32 Å². The number of thioether (sulfide) groups is 1. The first-order chi connectivity index (χ1) is 13.2. The van der Waals surface area contributed by atoms with Gasteiger partial charge in [0.05, 0.1) is 5.56 Å². The number of nitrogens with one attached hydrogen (secondary N) is 2. The van der Waals surface area contributed by atoms with Crippen LogP contribution in [-0.2, 0) is 15.8 Å². The Hall–Kier alpha value is -1.70. The second-order valence-corrected chi connectivity index (χ2v) is 8.35. The van der Waals surface area contributed by atoms with Crippen molar-refractivity contribution in [1.29, 1.82) is 0 Å². The summed E-state index contributed by atoms with van der Waals surface area (Å²) >= 11 is 1.54. The normalized spacial score (nSPS) is 21.0. The molecule has 1 saturated carbocycles. The summed E-state index contributed by atoms with van der Waals surface area (Å²) < 4.78 is 38.6. The zero-order valence-electron chi connectivity index (χ0n) is 16.1. The van der Waals surface area contributed by atoms with Crippen LogP contribution in [0.1, 0.15) is 44.6 Å². The molecule has 1 aliphatic rings. The molecule has 1 aromatic carbocycles. The lowest BCUT2D eigenvalue weighted by molar-refractivity contribution is -0.137. The summed E-state index contributed by atoms with van der Waals surface area (Å²) in [6, 6.07) is 3.73. The van der Waals surface area contributed by atoms with Crippen LogP contribution in [0.4, 0.5) is 18.9 Å². The third-order valence-electron chi connectivity index (χ3n) is 5.09. The number of halogens is 3. The molecule has 2 N–H and O–H groups in total. The molecule has 4 nitrogen and oxygen atoms in total. The van der Waals surface area contributed by atoms with Gasteiger partial charge < -0.3 is 10.6 Å². The summed E-state index contributed by atoms with van der Waals surface area (Å²) in [7, 11) is 0. The van der Waals surface area contributed by atoms with Gasteiger partial charge in [-0.05, 0) is 68.2 Å². The molecular weight excluding hydrogens is 389 g/mol. The fourth-order valence-electron chi connectivity index (χ4n) is 3.32. The number of carbonyl (C=O) groups excluding carboxylic acids is 2. The Kier molecular flexibility index (Phi) is 8.22. The van der Waals surface area contributed by atoms with Gasteiger partial charge in [0.15, 0.2) is 0 Å². The molecule has 0 saturated heterocycles. The molecule has 8 heteroatoms. The highest BCUT2D eigenvalue weighted by Gasteiger charge is 2.31. The molecule has 1 aliphatic carbocycles. The quantitative estimate of drug-likeness (QED) is 0.677. The van der Waals surface area contributed by atoms with Crippen LogP contribution in [0.15, 0.2) is 24.3 Å². The van der Waals surface area contributed by atoms with Crippen LogP contribution in [0.25, 0.3) is 0 Å². The number of benzene rings is 1. The Bertz CT molecular complexity index is 674. The van der Waals surface area contributed by atoms with Gasteiger partial charge >= 0.3 is 6.18 Å². The van der Waals surface area contributed by atoms with Crippen molar-refractivity contribution in [2.75, 3.05) is 17.3 Å². The molecule has 0 radical (unpaired) electrons. The highest BCUT2D eigenvalue weighted by atomic mass is 32.2. The average molecular weight is 417 g/mol. The Morgan fingerprint density at radius 1 is 1.21 bits per heavy atom. The minimum atomic E-state index is -4.48. The standard InChI is InChI=1S/C20H27F3N2O2S/c1-13-6-8-14(9-7-13)18(26)25-17(10-11-28-2)19(27)24-16-5-3-4-15(12-16)20(21,22)23/h3-5,12-14,17H,6-11H2,1-2H3,(H,24,27)(H,25,26)/t13?,14?,17-/m0/s1. The summed E-state index contributed by atoms with van der Waals surface area (Å²) in [5.74, 6) is 0.529. The van der Waals surface area contributed by atoms with E-state index >= 15 is 0 Å². The predicted octanol–water partition coefficient (Wildman–Crippen LogP) is 4.71. The number of anilines is 1. The minimum absolute atomic E-state index is 0.0646. The van der Waals surface area contributed by atoms with E-state index in [4.69, 9.17) is 0 Å². The number of hydrogen-bond acceptors (Lipinski definition) is 3. The third kappa shape index (κ3) is 6.72. The molecule has 1 atom stereocenters. The first-order valence-electron chi connectivity index (χ1n) is 9.48. The van der Waals surface area contributed by atoms with Crippen molar-refractivity contribution in [3.05, 3.63) is 29.8 Å². The van der Waals surface area contributed by atoms with Gasteiger partial charge in [-0.15, -0.1) is 0 Å². The molecule has 0 spiro atoms. The number of alkyl halides is 3. The average Bonchev–Trinajstić information content (AvgIpc) is 2.65. The lowest BCUT2D eigenvalue weighted by Crippen LogP contribution is -2.46. The summed E-state index contributed by atoms with van der Waals surface area (Å²) in [6.45, 7) is 2.16. The van der Waals surface area contributed by atoms with Gasteiger partial charge in [-0.2, -0.15) is 24.9 Å². The SMILES string of the molecule is CSCC[C@H](NC(=O)C1CCC(C)CC1)C(=O)Nc1cccc(C(F)(F)F)c1. The monoisotopic (exact) mass is 416 g/mol. The van der Waals surface area contributed by atoms with E-state index in [0.29, 0.717) is 18.1 Å². The van der Waals surface area contributed by atoms with E-state index in [-0.39, 0.29) is 17.5 Å². The van der Waals surface area contributed by atoms with Crippen LogP contribution in [0.2, 0.25) is 0 Å². The second kappa shape index (κ2) is 10.2. The Morgan fingerprint density at radius 3 is 2.50 bits per heavy atom. The fourth-order valence-corrected chi connectivity index (χ4v) is 3.79. The predicted molar refractivity (Wildman–Crippen MR) is 106 cm³/mol. The van der Waals surface area contributed by atoms with E-state index < -0.39 is 23.7 Å². The molecule has 1 aromatic rings. The molecule has 0 unspecified atom stereocenters. The summed E-state index contributed by atoms with van der Waals surface area (Å²) in [4.78, 5) is 25.2. The highest BCUT2D eigenvalue weighted by Crippen LogP contribution is 2.31. The third-order valence-corrected chi connectivity index (χ3v) is 5.73. The van der Waals surface area contributed by atoms with Gasteiger partial charge in [-0.1, -0.05) is 13.0 Å². The zero-order chi connectivity index (χ0) is 20.7. The van der Waals surface area contributed by atoms with E-state index in [1.165, 1.54) is 12.1 Å². The van der Waals surface area contributed by atoms with E-state index in [0.717, 1.165) is 37.8 Å². The van der Waals surface area contributed by atoms with Crippen molar-refractivity contribution in [2.45, 2.75) is 51.2 Å². The first kappa shape index (κ1) is 22.6. The lowest BCUT2D eigenvalue weighted by Gasteiger charge is -2.27. The molecule has 0 aliphatic heterocycles. The number of amides is 2. The van der Waals surface area contributed by atoms with E-state index in [2.05, 4.69) is 17.6 Å². The topological polar surface area (TPSA) is 58.2 Å². The molecule has 0 heterocycles. The Labute approximate surface area is 168 Å². The van der Waals surface area contributed by atoms with Gasteiger partial charge in [0, 0.05) is 11.6 Å². The summed E-state index contributed by atoms with van der Waals surface area (Å²) in [5.41, 5.74) is -0.763. The van der Waals surface area contributed by atoms with Crippen LogP contribution >= 0.6 is 11.8 Å². The Morgan fingerprint density at radius 2 is 1.89 bits per heavy atom. The summed E-state index contributed by atoms with van der Waals surface area (Å²) in [6.07, 6.45) is 1.42. The zero-order valence-corrected chi connectivity index (χ0v) is 17.0. The molecule has 1 fully saturated rings. The van der Waals surface area contributed by atoms with Crippen molar-refractivity contribution >= 4 is 29.3 Å². The molecule has 0 aromatic heterocycles. The van der Waals surface area contributed by atoms with Crippen molar-refractivity contribution in [3.63, 3.8) is 0 Å². The summed E-state index contributed by atoms with van der Waals surface area (Å²) in [5, 5.41) is 5.33. The van der Waals surface area contributed by atoms with E-state index in [9.17, 15) is 22.8 Å². The molecule has 156 valence electrons. The lowest BCUT2D eigenvalue weighted by atomic mass is 9.82. The smallest absolute Gasteiger partial charge is 0.344 e. The van der Waals surface area contributed by atoms with E-state index in [1.807, 2.05) is 6.26 Å². The molecule has 0 bridgehead atoms. The van der Waals surface area contributed by atoms with Gasteiger partial charge in [0.1, 0.15) is 6.04 Å². The van der Waals surface area contributed by atoms with Gasteiger partial charge in [-0.25, -0.2) is 0 Å². The maximum absolute atomic E-state index is 12.9. The second-order valence-electron chi connectivity index (χ2n) is 7.37. The van der Waals surface area contributed by atoms with E-state index in [1.54, 1.807) is 11.8 Å². The van der Waals surface area contributed by atoms with Crippen molar-refractivity contribution in [2.24, 2.45) is 11.8 Å². The van der Waals surface area contributed by atoms with Crippen molar-refractivity contribution in [3.8, 4) is 0 Å². The van der Waals surface area contributed by atoms with Crippen LogP contribution < -0.4 is 10.6 Å². The van der Waals surface area contributed by atoms with Crippen molar-refractivity contribution < 1.29 is 22.8 Å². The molecule has 2 amide bonds. The number of carbonyl (C=O) groups is 2. The minimum Gasteiger partial charge on any atom is -0.344 e. The maximum atomic E-state index is 12.9. The molecule has 2 rings (SSSR count). The number of hydrogen-bond donors (Lipinski definition) is 2. The van der Waals surface area contributed by atoms with Gasteiger partial charge in [0.25, 0.3) is 0 Å². The van der Waals surface area contributed by atoms with Crippen LogP contribution in [-0.4, -0.2) is 29.9 Å². The maximum Gasteiger partial charge on any atom is 0.416 e. The van der Waals surface area contributed by atoms with Crippen LogP contribution in [0.3, 0.4) is 0 Å². The van der Waals surface area contributed by atoms with Crippen LogP contribution in [0.5, 0.6) is 0 Å². The first-order valence-corrected chi connectivity index (χ1v) is 10.9. The van der Waals surface area contributed by atoms with Gasteiger partial charge in [0.2, 0.25) is 11.8 Å². The fraction of sp³-hybridized carbons (Fsp3) is 0.600. The van der Waals surface area contributed by atoms with Crippen LogP contribution in [0, 0.1) is 11.8 Å². The highest BCUT2D eigenvalue weighted by molar-refractivity contribution is 7.98. The molecule has 28 heavy (non-hydrogen) atoms. The largest absolute Gasteiger partial charge is 0.416 e. The molecular formula is C20H27F3N2O2S. The van der Waals surface area contributed by atoms with Gasteiger partial charge in [-0.3, -0.25) is 9.59 Å².